The van der Waals surface area contributed by atoms with Crippen LogP contribution in [0, 0.1) is 0 Å². The molecule has 0 fully saturated rings. The van der Waals surface area contributed by atoms with Crippen LogP contribution < -0.4 is 26.2 Å². The topological polar surface area (TPSA) is 154 Å². The summed E-state index contributed by atoms with van der Waals surface area (Å²) < 4.78 is 5.26. The Labute approximate surface area is 259 Å². The standard InChI is InChI=1S/C32H44N8O4/c1-8-18-33-28(41)24-21-35-29(39-27(24)38-26-13-11-12-25(37-26)32(5,6)43)36-22-14-16-23(17-15-22)40(7)20-10-9-19-34-30(42)44-31(2,3)4/h8,11-17,21,43H,1,9-10,18-20H2,2-7H3,(H,33,41)(H,34,42)(H2,35,36,37,38,39). The van der Waals surface area contributed by atoms with Crippen LogP contribution in [0.15, 0.2) is 61.3 Å². The van der Waals surface area contributed by atoms with Crippen molar-refractivity contribution in [3.63, 3.8) is 0 Å². The Morgan fingerprint density at radius 2 is 1.73 bits per heavy atom. The van der Waals surface area contributed by atoms with Crippen LogP contribution in [0.2, 0.25) is 0 Å². The molecule has 1 aromatic carbocycles. The van der Waals surface area contributed by atoms with Gasteiger partial charge in [-0.15, -0.1) is 6.58 Å². The number of hydrogen-bond acceptors (Lipinski definition) is 10. The molecule has 5 N–H and O–H groups in total. The maximum absolute atomic E-state index is 12.8. The molecule has 0 bridgehead atoms. The summed E-state index contributed by atoms with van der Waals surface area (Å²) >= 11 is 0. The van der Waals surface area contributed by atoms with Crippen molar-refractivity contribution in [1.82, 2.24) is 25.6 Å². The molecule has 0 saturated carbocycles. The first-order valence-corrected chi connectivity index (χ1v) is 14.5. The zero-order chi connectivity index (χ0) is 32.3. The Morgan fingerprint density at radius 3 is 2.39 bits per heavy atom. The Hall–Kier alpha value is -4.71. The van der Waals surface area contributed by atoms with Gasteiger partial charge in [0.15, 0.2) is 0 Å². The normalized spacial score (nSPS) is 11.3. The third-order valence-corrected chi connectivity index (χ3v) is 6.22. The minimum atomic E-state index is -1.14. The molecule has 2 aromatic heterocycles. The Kier molecular flexibility index (Phi) is 11.6. The van der Waals surface area contributed by atoms with Gasteiger partial charge < -0.3 is 36.0 Å². The van der Waals surface area contributed by atoms with Gasteiger partial charge in [0.05, 0.1) is 5.69 Å². The predicted octanol–water partition coefficient (Wildman–Crippen LogP) is 5.24. The van der Waals surface area contributed by atoms with Crippen molar-refractivity contribution in [3.8, 4) is 0 Å². The van der Waals surface area contributed by atoms with Gasteiger partial charge in [-0.1, -0.05) is 12.1 Å². The quantitative estimate of drug-likeness (QED) is 0.122. The monoisotopic (exact) mass is 604 g/mol. The van der Waals surface area contributed by atoms with Gasteiger partial charge in [-0.2, -0.15) is 4.98 Å². The van der Waals surface area contributed by atoms with Crippen molar-refractivity contribution >= 4 is 41.0 Å². The molecule has 2 amide bonds. The molecule has 0 atom stereocenters. The summed E-state index contributed by atoms with van der Waals surface area (Å²) in [4.78, 5) is 40.1. The van der Waals surface area contributed by atoms with Crippen molar-refractivity contribution in [3.05, 3.63) is 72.6 Å². The highest BCUT2D eigenvalue weighted by molar-refractivity contribution is 5.99. The zero-order valence-electron chi connectivity index (χ0n) is 26.4. The molecule has 12 heteroatoms. The molecule has 0 radical (unpaired) electrons. The maximum atomic E-state index is 12.8. The molecule has 44 heavy (non-hydrogen) atoms. The number of anilines is 5. The van der Waals surface area contributed by atoms with Crippen molar-refractivity contribution in [2.75, 3.05) is 42.2 Å². The summed E-state index contributed by atoms with van der Waals surface area (Å²) in [7, 11) is 2.02. The van der Waals surface area contributed by atoms with Crippen LogP contribution in [0.4, 0.5) is 33.8 Å². The highest BCUT2D eigenvalue weighted by Crippen LogP contribution is 2.24. The summed E-state index contributed by atoms with van der Waals surface area (Å²) in [5.74, 6) is 0.581. The lowest BCUT2D eigenvalue weighted by Crippen LogP contribution is -2.33. The fourth-order valence-corrected chi connectivity index (χ4v) is 3.97. The van der Waals surface area contributed by atoms with Crippen LogP contribution >= 0.6 is 0 Å². The highest BCUT2D eigenvalue weighted by Gasteiger charge is 2.20. The van der Waals surface area contributed by atoms with E-state index in [1.165, 1.54) is 6.20 Å². The third-order valence-electron chi connectivity index (χ3n) is 6.22. The minimum Gasteiger partial charge on any atom is -0.444 e. The van der Waals surface area contributed by atoms with E-state index in [1.807, 2.05) is 52.1 Å². The van der Waals surface area contributed by atoms with E-state index in [0.717, 1.165) is 30.8 Å². The van der Waals surface area contributed by atoms with E-state index in [1.54, 1.807) is 38.1 Å². The molecular weight excluding hydrogens is 560 g/mol. The van der Waals surface area contributed by atoms with Gasteiger partial charge in [-0.3, -0.25) is 4.79 Å². The van der Waals surface area contributed by atoms with E-state index in [-0.39, 0.29) is 29.8 Å². The summed E-state index contributed by atoms with van der Waals surface area (Å²) in [5, 5.41) is 22.2. The molecule has 0 aliphatic heterocycles. The SMILES string of the molecule is C=CCNC(=O)c1cnc(Nc2ccc(N(C)CCCCNC(=O)OC(C)(C)C)cc2)nc1Nc1cccc(C(C)(C)O)n1. The molecule has 0 aliphatic rings. The molecule has 12 nitrogen and oxygen atoms in total. The lowest BCUT2D eigenvalue weighted by Gasteiger charge is -2.21. The van der Waals surface area contributed by atoms with Crippen LogP contribution in [-0.2, 0) is 10.3 Å². The number of ether oxygens (including phenoxy) is 1. The zero-order valence-corrected chi connectivity index (χ0v) is 26.4. The van der Waals surface area contributed by atoms with E-state index in [4.69, 9.17) is 4.74 Å². The lowest BCUT2D eigenvalue weighted by atomic mass is 10.1. The van der Waals surface area contributed by atoms with Crippen molar-refractivity contribution in [2.45, 2.75) is 58.7 Å². The Bertz CT molecular complexity index is 1410. The second kappa shape index (κ2) is 15.1. The van der Waals surface area contributed by atoms with Crippen LogP contribution in [0.1, 0.15) is 63.5 Å². The first-order chi connectivity index (χ1) is 20.7. The van der Waals surface area contributed by atoms with Crippen LogP contribution in [0.3, 0.4) is 0 Å². The number of aromatic nitrogens is 3. The maximum Gasteiger partial charge on any atom is 0.407 e. The number of alkyl carbamates (subject to hydrolysis) is 1. The second-order valence-corrected chi connectivity index (χ2v) is 11.8. The summed E-state index contributed by atoms with van der Waals surface area (Å²) in [5.41, 5.74) is 0.844. The average molecular weight is 605 g/mol. The summed E-state index contributed by atoms with van der Waals surface area (Å²) in [6.07, 6.45) is 4.35. The van der Waals surface area contributed by atoms with Gasteiger partial charge in [0.1, 0.15) is 28.4 Å². The van der Waals surface area contributed by atoms with Crippen LogP contribution in [0.25, 0.3) is 0 Å². The minimum absolute atomic E-state index is 0.228. The first kappa shape index (κ1) is 33.8. The van der Waals surface area contributed by atoms with E-state index in [0.29, 0.717) is 18.1 Å². The average Bonchev–Trinajstić information content (AvgIpc) is 2.95. The number of nitrogens with one attached hydrogen (secondary N) is 4. The van der Waals surface area contributed by atoms with Crippen molar-refractivity contribution < 1.29 is 19.4 Å². The van der Waals surface area contributed by atoms with Gasteiger partial charge in [0, 0.05) is 44.3 Å². The van der Waals surface area contributed by atoms with Crippen molar-refractivity contribution in [1.29, 1.82) is 0 Å². The van der Waals surface area contributed by atoms with Gasteiger partial charge in [0.2, 0.25) is 5.95 Å². The molecule has 0 aliphatic carbocycles. The summed E-state index contributed by atoms with van der Waals surface area (Å²) in [6.45, 7) is 14.1. The highest BCUT2D eigenvalue weighted by atomic mass is 16.6. The number of hydrogen-bond donors (Lipinski definition) is 5. The molecule has 236 valence electrons. The number of nitrogens with zero attached hydrogens (tertiary/aromatic N) is 4. The van der Waals surface area contributed by atoms with E-state index >= 15 is 0 Å². The fraction of sp³-hybridized carbons (Fsp3) is 0.406. The number of rotatable bonds is 14. The molecular formula is C32H44N8O4. The smallest absolute Gasteiger partial charge is 0.407 e. The predicted molar refractivity (Wildman–Crippen MR) is 174 cm³/mol. The molecule has 0 unspecified atom stereocenters. The fourth-order valence-electron chi connectivity index (χ4n) is 3.97. The molecule has 0 saturated heterocycles. The van der Waals surface area contributed by atoms with E-state index in [9.17, 15) is 14.7 Å². The van der Waals surface area contributed by atoms with Gasteiger partial charge in [0.25, 0.3) is 5.91 Å². The molecule has 0 spiro atoms. The van der Waals surface area contributed by atoms with E-state index in [2.05, 4.69) is 47.7 Å². The van der Waals surface area contributed by atoms with Crippen LogP contribution in [0.5, 0.6) is 0 Å². The molecule has 3 rings (SSSR count). The number of unbranched alkanes of at least 4 members (excludes halogenated alkanes) is 1. The largest absolute Gasteiger partial charge is 0.444 e. The van der Waals surface area contributed by atoms with Gasteiger partial charge >= 0.3 is 6.09 Å². The van der Waals surface area contributed by atoms with E-state index < -0.39 is 17.3 Å². The number of pyridine rings is 1. The van der Waals surface area contributed by atoms with Crippen LogP contribution in [-0.4, -0.2) is 64.3 Å². The lowest BCUT2D eigenvalue weighted by molar-refractivity contribution is 0.0526. The number of benzene rings is 1. The Morgan fingerprint density at radius 1 is 1.00 bits per heavy atom. The number of carbonyl (C=O) groups is 2. The number of carbonyl (C=O) groups excluding carboxylic acids is 2. The van der Waals surface area contributed by atoms with Crippen molar-refractivity contribution in [2.24, 2.45) is 0 Å². The second-order valence-electron chi connectivity index (χ2n) is 11.8. The first-order valence-electron chi connectivity index (χ1n) is 14.5. The molecule has 2 heterocycles. The Balaban J connectivity index is 1.65. The summed E-state index contributed by atoms with van der Waals surface area (Å²) in [6, 6.07) is 13.0. The molecule has 3 aromatic rings. The van der Waals surface area contributed by atoms with Gasteiger partial charge in [-0.05, 0) is 83.9 Å². The van der Waals surface area contributed by atoms with Gasteiger partial charge in [-0.25, -0.2) is 14.8 Å². The number of amides is 2. The number of aliphatic hydroxyl groups is 1. The third kappa shape index (κ3) is 10.8.